The van der Waals surface area contributed by atoms with Crippen LogP contribution < -0.4 is 10.5 Å². The predicted octanol–water partition coefficient (Wildman–Crippen LogP) is 3.65. The van der Waals surface area contributed by atoms with Crippen molar-refractivity contribution in [3.63, 3.8) is 0 Å². The van der Waals surface area contributed by atoms with Crippen molar-refractivity contribution in [3.05, 3.63) is 24.3 Å². The quantitative estimate of drug-likeness (QED) is 0.0953. The fourth-order valence-corrected chi connectivity index (χ4v) is 3.18. The van der Waals surface area contributed by atoms with E-state index in [9.17, 15) is 4.79 Å². The molecular formula is C28H49NO9. The molecule has 1 rings (SSSR count). The molecule has 0 fully saturated rings. The molecule has 10 nitrogen and oxygen atoms in total. The van der Waals surface area contributed by atoms with E-state index in [1.54, 1.807) is 6.07 Å². The molecule has 0 radical (unpaired) electrons. The van der Waals surface area contributed by atoms with E-state index in [4.69, 9.17) is 43.6 Å². The molecule has 0 spiro atoms. The zero-order valence-electron chi connectivity index (χ0n) is 23.2. The second-order valence-electron chi connectivity index (χ2n) is 8.45. The van der Waals surface area contributed by atoms with Gasteiger partial charge in [0.15, 0.2) is 0 Å². The maximum atomic E-state index is 11.6. The van der Waals surface area contributed by atoms with Gasteiger partial charge in [-0.2, -0.15) is 0 Å². The first kappa shape index (κ1) is 34.1. The molecule has 0 bridgehead atoms. The van der Waals surface area contributed by atoms with E-state index >= 15 is 0 Å². The summed E-state index contributed by atoms with van der Waals surface area (Å²) >= 11 is 0. The van der Waals surface area contributed by atoms with Crippen LogP contribution in [0.2, 0.25) is 0 Å². The number of carbonyl (C=O) groups excluding carboxylic acids is 1. The number of hydrogen-bond acceptors (Lipinski definition) is 10. The fraction of sp³-hybridized carbons (Fsp3) is 0.750. The highest BCUT2D eigenvalue weighted by atomic mass is 16.6. The van der Waals surface area contributed by atoms with Crippen molar-refractivity contribution in [2.45, 2.75) is 45.4 Å². The Morgan fingerprint density at radius 3 is 1.55 bits per heavy atom. The number of rotatable bonds is 28. The summed E-state index contributed by atoms with van der Waals surface area (Å²) in [5.41, 5.74) is 6.42. The third-order valence-electron chi connectivity index (χ3n) is 5.24. The van der Waals surface area contributed by atoms with Crippen molar-refractivity contribution in [1.82, 2.24) is 0 Å². The summed E-state index contributed by atoms with van der Waals surface area (Å²) in [6.45, 7) is 8.67. The van der Waals surface area contributed by atoms with Gasteiger partial charge in [-0.15, -0.1) is 0 Å². The zero-order chi connectivity index (χ0) is 27.4. The zero-order valence-corrected chi connectivity index (χ0v) is 23.2. The van der Waals surface area contributed by atoms with Gasteiger partial charge in [-0.1, -0.05) is 44.7 Å². The van der Waals surface area contributed by atoms with E-state index in [2.05, 4.69) is 6.92 Å². The van der Waals surface area contributed by atoms with Crippen LogP contribution in [0.4, 0.5) is 5.69 Å². The van der Waals surface area contributed by atoms with E-state index in [0.717, 1.165) is 12.8 Å². The topological polar surface area (TPSA) is 117 Å². The van der Waals surface area contributed by atoms with Crippen LogP contribution in [-0.2, 0) is 38.0 Å². The molecule has 0 aliphatic heterocycles. The molecule has 0 atom stereocenters. The third kappa shape index (κ3) is 22.1. The molecule has 1 aromatic carbocycles. The number of unbranched alkanes of at least 4 members (excludes halogenated alkanes) is 4. The van der Waals surface area contributed by atoms with E-state index in [1.807, 2.05) is 18.2 Å². The first-order valence-electron chi connectivity index (χ1n) is 13.8. The van der Waals surface area contributed by atoms with Crippen LogP contribution >= 0.6 is 0 Å². The lowest BCUT2D eigenvalue weighted by Gasteiger charge is -2.09. The van der Waals surface area contributed by atoms with Crippen molar-refractivity contribution < 1.29 is 42.7 Å². The summed E-state index contributed by atoms with van der Waals surface area (Å²) in [5.74, 6) is 0.523. The molecule has 0 aliphatic rings. The highest BCUT2D eigenvalue weighted by Gasteiger charge is 2.02. The number of carbonyl (C=O) groups is 1. The maximum absolute atomic E-state index is 11.6. The molecule has 2 N–H and O–H groups in total. The van der Waals surface area contributed by atoms with Gasteiger partial charge in [0.1, 0.15) is 19.0 Å². The molecule has 38 heavy (non-hydrogen) atoms. The van der Waals surface area contributed by atoms with Crippen molar-refractivity contribution in [2.75, 3.05) is 98.2 Å². The number of para-hydroxylation sites is 2. The van der Waals surface area contributed by atoms with Gasteiger partial charge in [0, 0.05) is 6.42 Å². The van der Waals surface area contributed by atoms with E-state index in [0.29, 0.717) is 104 Å². The first-order valence-corrected chi connectivity index (χ1v) is 13.8. The minimum atomic E-state index is -0.145. The summed E-state index contributed by atoms with van der Waals surface area (Å²) in [7, 11) is 0. The fourth-order valence-electron chi connectivity index (χ4n) is 3.18. The normalized spacial score (nSPS) is 11.1. The van der Waals surface area contributed by atoms with Gasteiger partial charge in [-0.05, 0) is 18.6 Å². The molecule has 0 unspecified atom stereocenters. The van der Waals surface area contributed by atoms with Crippen LogP contribution in [0, 0.1) is 0 Å². The lowest BCUT2D eigenvalue weighted by molar-refractivity contribution is -0.145. The van der Waals surface area contributed by atoms with Crippen molar-refractivity contribution in [1.29, 1.82) is 0 Å². The highest BCUT2D eigenvalue weighted by Crippen LogP contribution is 2.19. The number of nitrogen functional groups attached to an aromatic ring is 1. The molecule has 10 heteroatoms. The Kier molecular flexibility index (Phi) is 23.9. The van der Waals surface area contributed by atoms with Crippen molar-refractivity contribution in [3.8, 4) is 5.75 Å². The van der Waals surface area contributed by atoms with Crippen LogP contribution in [0.3, 0.4) is 0 Å². The smallest absolute Gasteiger partial charge is 0.305 e. The molecule has 0 saturated carbocycles. The molecule has 0 aliphatic carbocycles. The van der Waals surface area contributed by atoms with Gasteiger partial charge in [0.25, 0.3) is 0 Å². The van der Waals surface area contributed by atoms with Gasteiger partial charge in [0.2, 0.25) is 0 Å². The highest BCUT2D eigenvalue weighted by molar-refractivity contribution is 5.69. The third-order valence-corrected chi connectivity index (χ3v) is 5.24. The Labute approximate surface area is 228 Å². The molecule has 0 heterocycles. The second kappa shape index (κ2) is 26.6. The summed E-state index contributed by atoms with van der Waals surface area (Å²) in [6, 6.07) is 7.37. The second-order valence-corrected chi connectivity index (χ2v) is 8.45. The molecule has 0 aromatic heterocycles. The summed E-state index contributed by atoms with van der Waals surface area (Å²) in [5, 5.41) is 0. The Balaban J connectivity index is 1.69. The SMILES string of the molecule is CCCCCCCC(=O)OCCOCCOCCOCCOCCOCCOCCOc1ccccc1N. The Morgan fingerprint density at radius 1 is 0.605 bits per heavy atom. The molecular weight excluding hydrogens is 494 g/mol. The molecule has 1 aromatic rings. The predicted molar refractivity (Wildman–Crippen MR) is 146 cm³/mol. The Bertz CT molecular complexity index is 663. The van der Waals surface area contributed by atoms with Crippen LogP contribution in [0.1, 0.15) is 45.4 Å². The van der Waals surface area contributed by atoms with Crippen LogP contribution in [0.5, 0.6) is 5.75 Å². The summed E-state index contributed by atoms with van der Waals surface area (Å²) in [6.07, 6.45) is 6.09. The minimum Gasteiger partial charge on any atom is -0.489 e. The number of esters is 1. The molecule has 0 amide bonds. The van der Waals surface area contributed by atoms with Gasteiger partial charge in [0.05, 0.1) is 85.0 Å². The summed E-state index contributed by atoms with van der Waals surface area (Å²) < 4.78 is 43.3. The molecule has 0 saturated heterocycles. The van der Waals surface area contributed by atoms with Crippen LogP contribution in [0.25, 0.3) is 0 Å². The summed E-state index contributed by atoms with van der Waals surface area (Å²) in [4.78, 5) is 11.6. The average molecular weight is 544 g/mol. The maximum Gasteiger partial charge on any atom is 0.305 e. The standard InChI is InChI=1S/C28H49NO9/c1-2-3-4-5-6-11-28(30)38-25-23-36-21-19-34-17-15-32-13-12-31-14-16-33-18-20-35-22-24-37-27-10-8-7-9-26(27)29/h7-10H,2-6,11-25,29H2,1H3. The van der Waals surface area contributed by atoms with Gasteiger partial charge >= 0.3 is 5.97 Å². The number of anilines is 1. The Morgan fingerprint density at radius 2 is 1.05 bits per heavy atom. The van der Waals surface area contributed by atoms with Gasteiger partial charge in [-0.25, -0.2) is 0 Å². The minimum absolute atomic E-state index is 0.145. The number of hydrogen-bond donors (Lipinski definition) is 1. The van der Waals surface area contributed by atoms with Crippen molar-refractivity contribution in [2.24, 2.45) is 0 Å². The van der Waals surface area contributed by atoms with Crippen LogP contribution in [0.15, 0.2) is 24.3 Å². The van der Waals surface area contributed by atoms with E-state index < -0.39 is 0 Å². The Hall–Kier alpha value is -1.95. The van der Waals surface area contributed by atoms with Crippen LogP contribution in [-0.4, -0.2) is 98.5 Å². The number of nitrogens with two attached hydrogens (primary N) is 1. The van der Waals surface area contributed by atoms with Gasteiger partial charge in [-0.3, -0.25) is 4.79 Å². The lowest BCUT2D eigenvalue weighted by Crippen LogP contribution is -2.15. The number of benzene rings is 1. The largest absolute Gasteiger partial charge is 0.489 e. The van der Waals surface area contributed by atoms with Crippen molar-refractivity contribution >= 4 is 11.7 Å². The monoisotopic (exact) mass is 543 g/mol. The van der Waals surface area contributed by atoms with E-state index in [1.165, 1.54) is 19.3 Å². The number of ether oxygens (including phenoxy) is 8. The molecule has 220 valence electrons. The van der Waals surface area contributed by atoms with E-state index in [-0.39, 0.29) is 12.6 Å². The van der Waals surface area contributed by atoms with Gasteiger partial charge < -0.3 is 43.6 Å². The lowest BCUT2D eigenvalue weighted by atomic mass is 10.1. The average Bonchev–Trinajstić information content (AvgIpc) is 2.92. The first-order chi connectivity index (χ1) is 18.7.